The van der Waals surface area contributed by atoms with E-state index in [4.69, 9.17) is 23.2 Å². The summed E-state index contributed by atoms with van der Waals surface area (Å²) in [6, 6.07) is 13.0. The monoisotopic (exact) mass is 558 g/mol. The van der Waals surface area contributed by atoms with E-state index in [1.807, 2.05) is 72.2 Å². The third kappa shape index (κ3) is 6.10. The summed E-state index contributed by atoms with van der Waals surface area (Å²) >= 11 is 12.6. The van der Waals surface area contributed by atoms with Crippen LogP contribution in [-0.2, 0) is 9.59 Å². The van der Waals surface area contributed by atoms with E-state index in [1.165, 1.54) is 0 Å². The third-order valence-corrected chi connectivity index (χ3v) is 8.74. The van der Waals surface area contributed by atoms with Crippen molar-refractivity contribution in [3.8, 4) is 0 Å². The van der Waals surface area contributed by atoms with Gasteiger partial charge in [0.1, 0.15) is 0 Å². The summed E-state index contributed by atoms with van der Waals surface area (Å²) in [5, 5.41) is 0.926. The molecule has 0 aliphatic carbocycles. The van der Waals surface area contributed by atoms with Gasteiger partial charge in [0.15, 0.2) is 0 Å². The van der Waals surface area contributed by atoms with E-state index in [9.17, 15) is 14.4 Å². The summed E-state index contributed by atoms with van der Waals surface area (Å²) in [7, 11) is 5.77. The summed E-state index contributed by atoms with van der Waals surface area (Å²) in [5.74, 6) is -0.0758. The number of carbonyl (C=O) groups excluding carboxylic acids is 3. The third-order valence-electron chi connectivity index (χ3n) is 8.00. The highest BCUT2D eigenvalue weighted by Crippen LogP contribution is 2.35. The van der Waals surface area contributed by atoms with Crippen LogP contribution in [0.1, 0.15) is 48.0 Å². The Labute approximate surface area is 235 Å². The fraction of sp³-hybridized carbons (Fsp3) is 0.483. The van der Waals surface area contributed by atoms with Gasteiger partial charge in [-0.25, -0.2) is 0 Å². The largest absolute Gasteiger partial charge is 0.378 e. The van der Waals surface area contributed by atoms with Crippen molar-refractivity contribution in [2.45, 2.75) is 38.1 Å². The molecule has 2 unspecified atom stereocenters. The van der Waals surface area contributed by atoms with Crippen LogP contribution in [0.2, 0.25) is 10.0 Å². The van der Waals surface area contributed by atoms with Crippen molar-refractivity contribution in [1.29, 1.82) is 0 Å². The Morgan fingerprint density at radius 2 is 1.47 bits per heavy atom. The molecular formula is C29H36Cl2N4O3. The molecule has 0 bridgehead atoms. The van der Waals surface area contributed by atoms with E-state index >= 15 is 0 Å². The van der Waals surface area contributed by atoms with Crippen molar-refractivity contribution >= 4 is 46.6 Å². The molecule has 9 heteroatoms. The molecule has 204 valence electrons. The van der Waals surface area contributed by atoms with Crippen LogP contribution in [0, 0.1) is 5.92 Å². The second-order valence-corrected chi connectivity index (χ2v) is 11.4. The summed E-state index contributed by atoms with van der Waals surface area (Å²) in [6.45, 7) is 3.87. The first-order valence-corrected chi connectivity index (χ1v) is 13.9. The van der Waals surface area contributed by atoms with Gasteiger partial charge in [0.25, 0.3) is 5.91 Å². The highest BCUT2D eigenvalue weighted by atomic mass is 35.5. The standard InChI is InChI=1S/C29H36Cl2N4O3/c1-19(36)34-14-11-21(12-15-34)29(38)35-16-13-27(24(18-35)22-7-10-25(30)26(31)17-22)33(4)28(37)20-5-8-23(9-6-20)32(2)3/h5-10,17,21,24,27H,11-16,18H2,1-4H3. The zero-order chi connectivity index (χ0) is 27.6. The Hall–Kier alpha value is -2.77. The van der Waals surface area contributed by atoms with Crippen LogP contribution in [0.3, 0.4) is 0 Å². The SMILES string of the molecule is CC(=O)N1CCC(C(=O)N2CCC(N(C)C(=O)c3ccc(N(C)C)cc3)C(c3ccc(Cl)c(Cl)c3)C2)CC1. The first-order valence-electron chi connectivity index (χ1n) is 13.1. The molecule has 7 nitrogen and oxygen atoms in total. The van der Waals surface area contributed by atoms with E-state index in [0.717, 1.165) is 11.3 Å². The topological polar surface area (TPSA) is 64.2 Å². The summed E-state index contributed by atoms with van der Waals surface area (Å²) < 4.78 is 0. The molecular weight excluding hydrogens is 523 g/mol. The van der Waals surface area contributed by atoms with Crippen LogP contribution in [-0.4, -0.2) is 85.8 Å². The zero-order valence-corrected chi connectivity index (χ0v) is 24.0. The number of likely N-dealkylation sites (N-methyl/N-ethyl adjacent to an activating group) is 1. The highest BCUT2D eigenvalue weighted by Gasteiger charge is 2.39. The lowest BCUT2D eigenvalue weighted by Gasteiger charge is -2.44. The fourth-order valence-corrected chi connectivity index (χ4v) is 5.94. The van der Waals surface area contributed by atoms with Crippen LogP contribution in [0.5, 0.6) is 0 Å². The number of carbonyl (C=O) groups is 3. The van der Waals surface area contributed by atoms with Gasteiger partial charge in [-0.3, -0.25) is 14.4 Å². The van der Waals surface area contributed by atoms with E-state index in [1.54, 1.807) is 17.9 Å². The molecule has 0 N–H and O–H groups in total. The van der Waals surface area contributed by atoms with Crippen molar-refractivity contribution in [3.05, 3.63) is 63.6 Å². The van der Waals surface area contributed by atoms with Gasteiger partial charge in [-0.1, -0.05) is 29.3 Å². The van der Waals surface area contributed by atoms with Crippen molar-refractivity contribution in [3.63, 3.8) is 0 Å². The first-order chi connectivity index (χ1) is 18.1. The number of hydrogen-bond acceptors (Lipinski definition) is 4. The normalized spacial score (nSPS) is 20.3. The Kier molecular flexibility index (Phi) is 8.89. The van der Waals surface area contributed by atoms with Gasteiger partial charge in [0.2, 0.25) is 11.8 Å². The lowest BCUT2D eigenvalue weighted by atomic mass is 9.83. The molecule has 2 aliphatic heterocycles. The Balaban J connectivity index is 1.54. The molecule has 38 heavy (non-hydrogen) atoms. The van der Waals surface area contributed by atoms with Crippen molar-refractivity contribution in [2.24, 2.45) is 5.92 Å². The molecule has 0 saturated carbocycles. The van der Waals surface area contributed by atoms with Gasteiger partial charge in [-0.05, 0) is 61.2 Å². The minimum Gasteiger partial charge on any atom is -0.378 e. The van der Waals surface area contributed by atoms with E-state index in [-0.39, 0.29) is 35.6 Å². The average Bonchev–Trinajstić information content (AvgIpc) is 2.93. The summed E-state index contributed by atoms with van der Waals surface area (Å²) in [4.78, 5) is 46.3. The molecule has 2 aromatic rings. The van der Waals surface area contributed by atoms with Crippen molar-refractivity contribution < 1.29 is 14.4 Å². The molecule has 2 heterocycles. The number of likely N-dealkylation sites (tertiary alicyclic amines) is 2. The van der Waals surface area contributed by atoms with Gasteiger partial charge in [0.05, 0.1) is 10.0 Å². The molecule has 2 fully saturated rings. The summed E-state index contributed by atoms with van der Waals surface area (Å²) in [5.41, 5.74) is 2.61. The van der Waals surface area contributed by atoms with Gasteiger partial charge in [-0.2, -0.15) is 0 Å². The quantitative estimate of drug-likeness (QED) is 0.530. The molecule has 2 aliphatic rings. The average molecular weight is 560 g/mol. The van der Waals surface area contributed by atoms with Crippen LogP contribution in [0.15, 0.2) is 42.5 Å². The van der Waals surface area contributed by atoms with Crippen LogP contribution >= 0.6 is 23.2 Å². The smallest absolute Gasteiger partial charge is 0.253 e. The predicted octanol–water partition coefficient (Wildman–Crippen LogP) is 4.77. The number of amides is 3. The second kappa shape index (κ2) is 12.0. The highest BCUT2D eigenvalue weighted by molar-refractivity contribution is 6.42. The Morgan fingerprint density at radius 1 is 0.842 bits per heavy atom. The van der Waals surface area contributed by atoms with Crippen LogP contribution in [0.4, 0.5) is 5.69 Å². The van der Waals surface area contributed by atoms with E-state index in [0.29, 0.717) is 61.1 Å². The molecule has 0 radical (unpaired) electrons. The first kappa shape index (κ1) is 28.2. The molecule has 2 aromatic carbocycles. The van der Waals surface area contributed by atoms with Gasteiger partial charge >= 0.3 is 0 Å². The minimum absolute atomic E-state index is 0.0539. The van der Waals surface area contributed by atoms with Crippen molar-refractivity contribution in [2.75, 3.05) is 52.2 Å². The number of anilines is 1. The van der Waals surface area contributed by atoms with Gasteiger partial charge in [0, 0.05) is 83.4 Å². The minimum atomic E-state index is -0.116. The summed E-state index contributed by atoms with van der Waals surface area (Å²) in [6.07, 6.45) is 2.01. The number of nitrogens with zero attached hydrogens (tertiary/aromatic N) is 4. The maximum absolute atomic E-state index is 13.5. The number of piperidine rings is 2. The lowest BCUT2D eigenvalue weighted by molar-refractivity contribution is -0.141. The molecule has 0 aromatic heterocycles. The van der Waals surface area contributed by atoms with E-state index < -0.39 is 0 Å². The van der Waals surface area contributed by atoms with E-state index in [2.05, 4.69) is 0 Å². The Bertz CT molecular complexity index is 1180. The van der Waals surface area contributed by atoms with Crippen LogP contribution < -0.4 is 4.90 Å². The predicted molar refractivity (Wildman–Crippen MR) is 152 cm³/mol. The maximum Gasteiger partial charge on any atom is 0.253 e. The number of rotatable bonds is 5. The number of hydrogen-bond donors (Lipinski definition) is 0. The molecule has 3 amide bonds. The molecule has 2 saturated heterocycles. The fourth-order valence-electron chi connectivity index (χ4n) is 5.63. The number of benzene rings is 2. The van der Waals surface area contributed by atoms with Gasteiger partial charge < -0.3 is 19.6 Å². The van der Waals surface area contributed by atoms with Crippen LogP contribution in [0.25, 0.3) is 0 Å². The Morgan fingerprint density at radius 3 is 2.05 bits per heavy atom. The zero-order valence-electron chi connectivity index (χ0n) is 22.5. The van der Waals surface area contributed by atoms with Gasteiger partial charge in [-0.15, -0.1) is 0 Å². The van der Waals surface area contributed by atoms with Crippen molar-refractivity contribution in [1.82, 2.24) is 14.7 Å². The lowest BCUT2D eigenvalue weighted by Crippen LogP contribution is -2.53. The molecule has 4 rings (SSSR count). The maximum atomic E-state index is 13.5. The molecule has 2 atom stereocenters. The second-order valence-electron chi connectivity index (χ2n) is 10.6. The molecule has 0 spiro atoms. The number of halogens is 2.